The first-order valence-electron chi connectivity index (χ1n) is 9.21. The number of sulfonamides is 1. The lowest BCUT2D eigenvalue weighted by Crippen LogP contribution is -2.35. The van der Waals surface area contributed by atoms with Crippen LogP contribution >= 0.6 is 0 Å². The molecule has 1 aliphatic rings. The number of oxazole rings is 1. The number of aromatic nitrogens is 1. The summed E-state index contributed by atoms with van der Waals surface area (Å²) in [5, 5.41) is -1.59. The van der Waals surface area contributed by atoms with E-state index in [0.29, 0.717) is 18.7 Å². The number of hydrogen-bond donors (Lipinski definition) is 1. The zero-order chi connectivity index (χ0) is 22.1. The Labute approximate surface area is 175 Å². The summed E-state index contributed by atoms with van der Waals surface area (Å²) in [6, 6.07) is 0. The van der Waals surface area contributed by atoms with Gasteiger partial charge in [0.25, 0.3) is 10.0 Å². The second-order valence-electron chi connectivity index (χ2n) is 6.45. The van der Waals surface area contributed by atoms with E-state index in [1.54, 1.807) is 13.1 Å². The van der Waals surface area contributed by atoms with Gasteiger partial charge < -0.3 is 18.8 Å². The van der Waals surface area contributed by atoms with Crippen LogP contribution in [0.15, 0.2) is 20.6 Å². The molecule has 0 amide bonds. The smallest absolute Gasteiger partial charge is 0.393 e. The quantitative estimate of drug-likeness (QED) is 0.302. The number of esters is 1. The van der Waals surface area contributed by atoms with Gasteiger partial charge in [-0.05, 0) is 21.0 Å². The second-order valence-corrected chi connectivity index (χ2v) is 8.21. The maximum atomic E-state index is 12.3. The molecule has 2 rings (SSSR count). The third-order valence-electron chi connectivity index (χ3n) is 3.68. The zero-order valence-corrected chi connectivity index (χ0v) is 17.9. The summed E-state index contributed by atoms with van der Waals surface area (Å²) in [6.07, 6.45) is 7.40. The van der Waals surface area contributed by atoms with Gasteiger partial charge in [0, 0.05) is 13.0 Å². The summed E-state index contributed by atoms with van der Waals surface area (Å²) in [5.74, 6) is 2.02. The predicted molar refractivity (Wildman–Crippen MR) is 110 cm³/mol. The van der Waals surface area contributed by atoms with Crippen molar-refractivity contribution >= 4 is 27.5 Å². The highest BCUT2D eigenvalue weighted by Gasteiger charge is 2.47. The average Bonchev–Trinajstić information content (AvgIpc) is 3.20. The Kier molecular flexibility index (Phi) is 8.37. The van der Waals surface area contributed by atoms with Crippen molar-refractivity contribution in [2.45, 2.75) is 25.1 Å². The van der Waals surface area contributed by atoms with Crippen molar-refractivity contribution in [3.8, 4) is 18.4 Å². The van der Waals surface area contributed by atoms with Crippen LogP contribution in [-0.4, -0.2) is 81.5 Å². The normalized spacial score (nSPS) is 20.3. The lowest BCUT2D eigenvalue weighted by molar-refractivity contribution is -0.141. The van der Waals surface area contributed by atoms with Crippen LogP contribution < -0.4 is 9.46 Å². The Balaban J connectivity index is 1.98. The van der Waals surface area contributed by atoms with Crippen LogP contribution in [0.25, 0.3) is 0 Å². The molecule has 0 aromatic carbocycles. The van der Waals surface area contributed by atoms with E-state index in [9.17, 15) is 13.2 Å². The topological polar surface area (TPSA) is 136 Å². The van der Waals surface area contributed by atoms with Gasteiger partial charge in [0.2, 0.25) is 5.25 Å². The Hall–Kier alpha value is -2.91. The Bertz CT molecular complexity index is 945. The Morgan fingerprint density at radius 2 is 2.20 bits per heavy atom. The molecule has 30 heavy (non-hydrogen) atoms. The van der Waals surface area contributed by atoms with Crippen LogP contribution in [-0.2, 0) is 26.1 Å². The molecule has 1 fully saturated rings. The first-order valence-corrected chi connectivity index (χ1v) is 10.8. The predicted octanol–water partition coefficient (Wildman–Crippen LogP) is -0.157. The van der Waals surface area contributed by atoms with Gasteiger partial charge in [0.15, 0.2) is 5.84 Å². The van der Waals surface area contributed by atoms with E-state index in [4.69, 9.17) is 20.3 Å². The van der Waals surface area contributed by atoms with E-state index < -0.39 is 21.2 Å². The summed E-state index contributed by atoms with van der Waals surface area (Å²) < 4.78 is 42.6. The molecule has 0 saturated carbocycles. The highest BCUT2D eigenvalue weighted by atomic mass is 32.2. The maximum absolute atomic E-state index is 12.3. The summed E-state index contributed by atoms with van der Waals surface area (Å²) >= 11 is 0. The molecule has 12 heteroatoms. The molecule has 0 radical (unpaired) electrons. The molecule has 0 spiro atoms. The summed E-state index contributed by atoms with van der Waals surface area (Å²) in [6.45, 7) is 2.60. The molecular weight excluding hydrogens is 414 g/mol. The average molecular weight is 439 g/mol. The molecule has 1 atom stereocenters. The molecule has 0 aliphatic carbocycles. The van der Waals surface area contributed by atoms with Gasteiger partial charge in [-0.2, -0.15) is 4.98 Å². The highest BCUT2D eigenvalue weighted by molar-refractivity contribution is 7.93. The largest absolute Gasteiger partial charge is 0.465 e. The molecule has 1 saturated heterocycles. The molecule has 1 unspecified atom stereocenters. The van der Waals surface area contributed by atoms with Crippen molar-refractivity contribution in [1.82, 2.24) is 14.6 Å². The number of rotatable bonds is 10. The highest BCUT2D eigenvalue weighted by Crippen LogP contribution is 2.15. The minimum absolute atomic E-state index is 0.0207. The lowest BCUT2D eigenvalue weighted by atomic mass is 10.2. The number of aliphatic imine (C=N–C) groups is 2. The van der Waals surface area contributed by atoms with Crippen LogP contribution in [0.5, 0.6) is 6.08 Å². The van der Waals surface area contributed by atoms with Gasteiger partial charge in [-0.15, -0.1) is 6.42 Å². The number of hydrogen-bond acceptors (Lipinski definition) is 10. The van der Waals surface area contributed by atoms with Crippen molar-refractivity contribution in [1.29, 1.82) is 0 Å². The second kappa shape index (κ2) is 10.7. The summed E-state index contributed by atoms with van der Waals surface area (Å²) in [4.78, 5) is 26.3. The summed E-state index contributed by atoms with van der Waals surface area (Å²) in [5.41, 5.74) is -0.0478. The van der Waals surface area contributed by atoms with E-state index in [0.717, 1.165) is 0 Å². The van der Waals surface area contributed by atoms with Crippen LogP contribution in [0.4, 0.5) is 0 Å². The van der Waals surface area contributed by atoms with Crippen LogP contribution in [0.2, 0.25) is 0 Å². The standard InChI is InChI=1S/C18H25N5O6S/c1-5-8-19-14-15(17(24)27-6-2)30(25,26)22-16(14)20-9-7-10-28-18-21-11-13(29-18)12-23(3)4/h1,11,15H,6-10,12H2,2-4H3,(H,20,22). The Morgan fingerprint density at radius 3 is 2.87 bits per heavy atom. The number of amidine groups is 1. The zero-order valence-electron chi connectivity index (χ0n) is 17.1. The molecular formula is C18H25N5O6S. The van der Waals surface area contributed by atoms with Crippen molar-refractivity contribution in [2.24, 2.45) is 9.98 Å². The van der Waals surface area contributed by atoms with E-state index in [1.807, 2.05) is 19.0 Å². The first kappa shape index (κ1) is 23.4. The van der Waals surface area contributed by atoms with Gasteiger partial charge >= 0.3 is 12.0 Å². The number of ether oxygens (including phenoxy) is 2. The first-order chi connectivity index (χ1) is 14.3. The van der Waals surface area contributed by atoms with Crippen molar-refractivity contribution in [3.63, 3.8) is 0 Å². The fraction of sp³-hybridized carbons (Fsp3) is 0.556. The third kappa shape index (κ3) is 6.30. The van der Waals surface area contributed by atoms with Gasteiger partial charge in [-0.1, -0.05) is 5.92 Å². The molecule has 0 bridgehead atoms. The number of carbonyl (C=O) groups excluding carboxylic acids is 1. The number of terminal acetylenes is 1. The number of nitrogens with zero attached hydrogens (tertiary/aromatic N) is 4. The van der Waals surface area contributed by atoms with E-state index in [1.165, 1.54) is 0 Å². The van der Waals surface area contributed by atoms with Crippen molar-refractivity contribution < 1.29 is 27.1 Å². The lowest BCUT2D eigenvalue weighted by Gasteiger charge is -2.07. The molecule has 1 N–H and O–H groups in total. The fourth-order valence-corrected chi connectivity index (χ4v) is 3.89. The summed E-state index contributed by atoms with van der Waals surface area (Å²) in [7, 11) is -0.225. The van der Waals surface area contributed by atoms with Gasteiger partial charge in [-0.25, -0.2) is 8.42 Å². The molecule has 11 nitrogen and oxygen atoms in total. The molecule has 1 aliphatic heterocycles. The minimum Gasteiger partial charge on any atom is -0.465 e. The number of nitrogens with one attached hydrogen (secondary N) is 1. The van der Waals surface area contributed by atoms with Crippen molar-refractivity contribution in [3.05, 3.63) is 12.0 Å². The van der Waals surface area contributed by atoms with E-state index in [-0.39, 0.29) is 43.9 Å². The molecule has 1 aromatic rings. The van der Waals surface area contributed by atoms with Crippen LogP contribution in [0.1, 0.15) is 19.1 Å². The van der Waals surface area contributed by atoms with Gasteiger partial charge in [-0.3, -0.25) is 19.5 Å². The monoisotopic (exact) mass is 439 g/mol. The number of carbonyl (C=O) groups is 1. The maximum Gasteiger partial charge on any atom is 0.393 e. The molecule has 2 heterocycles. The third-order valence-corrected chi connectivity index (χ3v) is 5.20. The molecule has 164 valence electrons. The minimum atomic E-state index is -4.05. The van der Waals surface area contributed by atoms with E-state index in [2.05, 4.69) is 25.6 Å². The van der Waals surface area contributed by atoms with Gasteiger partial charge in [0.1, 0.15) is 18.0 Å². The SMILES string of the molecule is C#CCN=C1C(=NCCCOc2ncc(CN(C)C)o2)NS(=O)(=O)C1C(=O)OCC. The fourth-order valence-electron chi connectivity index (χ4n) is 2.53. The molecule has 1 aromatic heterocycles. The van der Waals surface area contributed by atoms with E-state index >= 15 is 0 Å². The van der Waals surface area contributed by atoms with Crippen molar-refractivity contribution in [2.75, 3.05) is 40.4 Å². The van der Waals surface area contributed by atoms with Crippen LogP contribution in [0, 0.1) is 12.3 Å². The Morgan fingerprint density at radius 1 is 1.43 bits per heavy atom. The van der Waals surface area contributed by atoms with Crippen LogP contribution in [0.3, 0.4) is 0 Å². The van der Waals surface area contributed by atoms with Gasteiger partial charge in [0.05, 0.1) is 26.0 Å².